The zero-order chi connectivity index (χ0) is 24.1. The molecule has 4 rings (SSSR count). The number of anilines is 1. The summed E-state index contributed by atoms with van der Waals surface area (Å²) in [7, 11) is 0. The van der Waals surface area contributed by atoms with Gasteiger partial charge in [0.2, 0.25) is 5.91 Å². The Morgan fingerprint density at radius 1 is 1.26 bits per heavy atom. The number of allylic oxidation sites excluding steroid dienone is 1. The quantitative estimate of drug-likeness (QED) is 0.273. The number of hydrogen-bond acceptors (Lipinski definition) is 7. The molecular weight excluding hydrogens is 468 g/mol. The van der Waals surface area contributed by atoms with E-state index in [-0.39, 0.29) is 17.6 Å². The molecule has 1 fully saturated rings. The van der Waals surface area contributed by atoms with E-state index in [1.54, 1.807) is 6.92 Å². The number of thioether (sulfide) groups is 1. The highest BCUT2D eigenvalue weighted by molar-refractivity contribution is 7.99. The highest BCUT2D eigenvalue weighted by atomic mass is 32.2. The maximum atomic E-state index is 12.9. The summed E-state index contributed by atoms with van der Waals surface area (Å²) < 4.78 is 7.41. The molecule has 1 atom stereocenters. The van der Waals surface area contributed by atoms with Crippen LogP contribution < -0.4 is 5.32 Å². The van der Waals surface area contributed by atoms with Gasteiger partial charge in [-0.05, 0) is 50.5 Å². The monoisotopic (exact) mass is 502 g/mol. The number of carbonyl (C=O) groups excluding carboxylic acids is 2. The molecule has 7 nitrogen and oxygen atoms in total. The fraction of sp³-hybridized carbons (Fsp3) is 0.600. The van der Waals surface area contributed by atoms with Crippen LogP contribution in [0.1, 0.15) is 84.9 Å². The third kappa shape index (κ3) is 5.57. The molecule has 2 aromatic heterocycles. The number of carbonyl (C=O) groups is 2. The zero-order valence-electron chi connectivity index (χ0n) is 20.1. The fourth-order valence-corrected chi connectivity index (χ4v) is 7.09. The van der Waals surface area contributed by atoms with E-state index in [0.29, 0.717) is 35.6 Å². The largest absolute Gasteiger partial charge is 0.462 e. The molecule has 0 spiro atoms. The second-order valence-corrected chi connectivity index (χ2v) is 11.2. The Morgan fingerprint density at radius 3 is 2.79 bits per heavy atom. The summed E-state index contributed by atoms with van der Waals surface area (Å²) in [5.74, 6) is 1.70. The standard InChI is InChI=1S/C25H34N4O3S2/c1-4-13-29-22(17-9-7-6-8-10-17)27-28-25(29)33-15-20(30)26-23-21(24(31)32-5-2)18-12-11-16(3)14-19(18)34-23/h4,16-17H,1,5-15H2,2-3H3,(H,26,30). The summed E-state index contributed by atoms with van der Waals surface area (Å²) in [5, 5.41) is 13.2. The molecule has 2 aromatic rings. The van der Waals surface area contributed by atoms with Gasteiger partial charge in [-0.15, -0.1) is 28.1 Å². The van der Waals surface area contributed by atoms with E-state index in [1.165, 1.54) is 47.2 Å². The van der Waals surface area contributed by atoms with Crippen LogP contribution in [0.15, 0.2) is 17.8 Å². The Morgan fingerprint density at radius 2 is 2.06 bits per heavy atom. The highest BCUT2D eigenvalue weighted by Gasteiger charge is 2.29. The molecule has 2 aliphatic carbocycles. The number of ether oxygens (including phenoxy) is 1. The van der Waals surface area contributed by atoms with Crippen molar-refractivity contribution in [3.8, 4) is 0 Å². The first-order valence-corrected chi connectivity index (χ1v) is 14.1. The molecule has 1 unspecified atom stereocenters. The van der Waals surface area contributed by atoms with Crippen LogP contribution in [0.3, 0.4) is 0 Å². The van der Waals surface area contributed by atoms with Crippen molar-refractivity contribution in [3.05, 3.63) is 34.5 Å². The molecule has 0 aromatic carbocycles. The molecule has 0 aliphatic heterocycles. The molecule has 184 valence electrons. The molecule has 2 heterocycles. The molecule has 0 radical (unpaired) electrons. The average Bonchev–Trinajstić information content (AvgIpc) is 3.39. The first kappa shape index (κ1) is 25.0. The predicted octanol–water partition coefficient (Wildman–Crippen LogP) is 5.61. The average molecular weight is 503 g/mol. The van der Waals surface area contributed by atoms with Crippen molar-refractivity contribution in [2.45, 2.75) is 82.8 Å². The van der Waals surface area contributed by atoms with Crippen LogP contribution in [0, 0.1) is 5.92 Å². The molecule has 1 saturated carbocycles. The fourth-order valence-electron chi connectivity index (χ4n) is 4.92. The minimum absolute atomic E-state index is 0.158. The summed E-state index contributed by atoms with van der Waals surface area (Å²) in [5.41, 5.74) is 1.59. The van der Waals surface area contributed by atoms with Gasteiger partial charge in [0, 0.05) is 17.3 Å². The Balaban J connectivity index is 1.47. The molecule has 1 N–H and O–H groups in total. The molecular formula is C25H34N4O3S2. The van der Waals surface area contributed by atoms with Gasteiger partial charge in [0.15, 0.2) is 5.16 Å². The van der Waals surface area contributed by atoms with E-state index in [0.717, 1.165) is 48.6 Å². The van der Waals surface area contributed by atoms with Crippen molar-refractivity contribution in [2.24, 2.45) is 5.92 Å². The Labute approximate surface area is 209 Å². The SMILES string of the molecule is C=CCn1c(SCC(=O)Nc2sc3c(c2C(=O)OCC)CCC(C)C3)nnc1C1CCCCC1. The lowest BCUT2D eigenvalue weighted by molar-refractivity contribution is -0.113. The lowest BCUT2D eigenvalue weighted by Crippen LogP contribution is -2.18. The van der Waals surface area contributed by atoms with Crippen LogP contribution in [0.4, 0.5) is 5.00 Å². The minimum Gasteiger partial charge on any atom is -0.462 e. The smallest absolute Gasteiger partial charge is 0.341 e. The van der Waals surface area contributed by atoms with E-state index in [4.69, 9.17) is 4.74 Å². The second kappa shape index (κ2) is 11.5. The van der Waals surface area contributed by atoms with E-state index in [9.17, 15) is 9.59 Å². The molecule has 34 heavy (non-hydrogen) atoms. The number of fused-ring (bicyclic) bond motifs is 1. The lowest BCUT2D eigenvalue weighted by atomic mass is 9.88. The highest BCUT2D eigenvalue weighted by Crippen LogP contribution is 2.40. The van der Waals surface area contributed by atoms with Crippen molar-refractivity contribution in [2.75, 3.05) is 17.7 Å². The number of nitrogens with one attached hydrogen (secondary N) is 1. The minimum atomic E-state index is -0.347. The van der Waals surface area contributed by atoms with Crippen LogP contribution in [0.2, 0.25) is 0 Å². The molecule has 1 amide bonds. The van der Waals surface area contributed by atoms with Gasteiger partial charge in [0.1, 0.15) is 10.8 Å². The van der Waals surface area contributed by atoms with Crippen LogP contribution in [-0.2, 0) is 28.9 Å². The number of aromatic nitrogens is 3. The number of rotatable bonds is 9. The van der Waals surface area contributed by atoms with Gasteiger partial charge in [-0.1, -0.05) is 44.0 Å². The molecule has 9 heteroatoms. The van der Waals surface area contributed by atoms with Gasteiger partial charge >= 0.3 is 5.97 Å². The van der Waals surface area contributed by atoms with Gasteiger partial charge in [-0.25, -0.2) is 4.79 Å². The summed E-state index contributed by atoms with van der Waals surface area (Å²) >= 11 is 2.89. The van der Waals surface area contributed by atoms with Gasteiger partial charge in [-0.2, -0.15) is 0 Å². The topological polar surface area (TPSA) is 86.1 Å². The van der Waals surface area contributed by atoms with Gasteiger partial charge < -0.3 is 14.6 Å². The molecule has 2 aliphatic rings. The van der Waals surface area contributed by atoms with Gasteiger partial charge in [-0.3, -0.25) is 4.79 Å². The van der Waals surface area contributed by atoms with E-state index in [2.05, 4.69) is 33.6 Å². The third-order valence-corrected chi connectivity index (χ3v) is 8.74. The van der Waals surface area contributed by atoms with E-state index < -0.39 is 0 Å². The molecule has 0 saturated heterocycles. The molecule has 0 bridgehead atoms. The number of nitrogens with zero attached hydrogens (tertiary/aromatic N) is 3. The summed E-state index contributed by atoms with van der Waals surface area (Å²) in [4.78, 5) is 26.8. The normalized spacial score (nSPS) is 18.4. The number of amides is 1. The van der Waals surface area contributed by atoms with Crippen molar-refractivity contribution in [1.82, 2.24) is 14.8 Å². The summed E-state index contributed by atoms with van der Waals surface area (Å²) in [6.07, 6.45) is 10.7. The van der Waals surface area contributed by atoms with Crippen molar-refractivity contribution < 1.29 is 14.3 Å². The Hall–Kier alpha value is -2.13. The van der Waals surface area contributed by atoms with E-state index >= 15 is 0 Å². The Kier molecular flexibility index (Phi) is 8.47. The Bertz CT molecular complexity index is 1040. The first-order valence-electron chi connectivity index (χ1n) is 12.3. The summed E-state index contributed by atoms with van der Waals surface area (Å²) in [6, 6.07) is 0. The van der Waals surface area contributed by atoms with Crippen molar-refractivity contribution >= 4 is 40.0 Å². The number of esters is 1. The summed E-state index contributed by atoms with van der Waals surface area (Å²) in [6.45, 7) is 8.85. The van der Waals surface area contributed by atoms with Crippen molar-refractivity contribution in [1.29, 1.82) is 0 Å². The van der Waals surface area contributed by atoms with Gasteiger partial charge in [0.05, 0.1) is 17.9 Å². The zero-order valence-corrected chi connectivity index (χ0v) is 21.7. The van der Waals surface area contributed by atoms with Crippen molar-refractivity contribution in [3.63, 3.8) is 0 Å². The second-order valence-electron chi connectivity index (χ2n) is 9.19. The van der Waals surface area contributed by atoms with Gasteiger partial charge in [0.25, 0.3) is 0 Å². The predicted molar refractivity (Wildman–Crippen MR) is 137 cm³/mol. The first-order chi connectivity index (χ1) is 16.5. The maximum Gasteiger partial charge on any atom is 0.341 e. The van der Waals surface area contributed by atoms with Crippen LogP contribution in [-0.4, -0.2) is 39.0 Å². The third-order valence-electron chi connectivity index (χ3n) is 6.60. The van der Waals surface area contributed by atoms with Crippen LogP contribution in [0.5, 0.6) is 0 Å². The lowest BCUT2D eigenvalue weighted by Gasteiger charge is -2.21. The number of thiophene rings is 1. The van der Waals surface area contributed by atoms with Crippen LogP contribution in [0.25, 0.3) is 0 Å². The van der Waals surface area contributed by atoms with Crippen LogP contribution >= 0.6 is 23.1 Å². The van der Waals surface area contributed by atoms with E-state index in [1.807, 2.05) is 6.08 Å². The maximum absolute atomic E-state index is 12.9. The number of hydrogen-bond donors (Lipinski definition) is 1.